The molecule has 0 aliphatic carbocycles. The summed E-state index contributed by atoms with van der Waals surface area (Å²) in [7, 11) is 0. The molecule has 94 valence electrons. The van der Waals surface area contributed by atoms with Crippen molar-refractivity contribution in [1.82, 2.24) is 5.43 Å². The van der Waals surface area contributed by atoms with Crippen LogP contribution in [0.3, 0.4) is 0 Å². The Labute approximate surface area is 110 Å². The predicted molar refractivity (Wildman–Crippen MR) is 71.1 cm³/mol. The zero-order valence-corrected chi connectivity index (χ0v) is 10.8. The first-order valence-electron chi connectivity index (χ1n) is 5.47. The van der Waals surface area contributed by atoms with E-state index in [4.69, 9.17) is 10.3 Å². The number of nitrogen functional groups attached to an aromatic ring is 1. The van der Waals surface area contributed by atoms with Crippen LogP contribution < -0.4 is 11.3 Å². The predicted octanol–water partition coefficient (Wildman–Crippen LogP) is 2.48. The van der Waals surface area contributed by atoms with Crippen LogP contribution in [0.1, 0.15) is 21.7 Å². The molecule has 0 atom stereocenters. The number of carbonyl (C=O) groups excluding carboxylic acids is 1. The minimum absolute atomic E-state index is 0.342. The van der Waals surface area contributed by atoms with Gasteiger partial charge in [-0.3, -0.25) is 10.2 Å². The number of thioether (sulfide) groups is 1. The Kier molecular flexibility index (Phi) is 4.07. The summed E-state index contributed by atoms with van der Waals surface area (Å²) in [6.45, 7) is 2.05. The zero-order valence-electron chi connectivity index (χ0n) is 9.97. The van der Waals surface area contributed by atoms with E-state index in [0.29, 0.717) is 11.3 Å². The Morgan fingerprint density at radius 3 is 2.78 bits per heavy atom. The van der Waals surface area contributed by atoms with Gasteiger partial charge in [0.05, 0.1) is 11.3 Å². The monoisotopic (exact) mass is 262 g/mol. The van der Waals surface area contributed by atoms with Crippen LogP contribution in [0.15, 0.2) is 45.9 Å². The van der Waals surface area contributed by atoms with Crippen molar-refractivity contribution in [2.75, 3.05) is 0 Å². The van der Waals surface area contributed by atoms with Crippen LogP contribution >= 0.6 is 11.8 Å². The number of hydrogen-bond donors (Lipinski definition) is 2. The van der Waals surface area contributed by atoms with Gasteiger partial charge < -0.3 is 4.42 Å². The van der Waals surface area contributed by atoms with Crippen molar-refractivity contribution in [3.63, 3.8) is 0 Å². The molecule has 0 saturated carbocycles. The quantitative estimate of drug-likeness (QED) is 0.384. The summed E-state index contributed by atoms with van der Waals surface area (Å²) in [5.41, 5.74) is 3.75. The topological polar surface area (TPSA) is 68.3 Å². The fraction of sp³-hybridized carbons (Fsp3) is 0.154. The highest BCUT2D eigenvalue weighted by Crippen LogP contribution is 2.23. The smallest absolute Gasteiger partial charge is 0.268 e. The number of nitrogens with two attached hydrogens (primary N) is 1. The number of carbonyl (C=O) groups is 1. The molecule has 0 saturated heterocycles. The Bertz CT molecular complexity index is 534. The first kappa shape index (κ1) is 12.7. The summed E-state index contributed by atoms with van der Waals surface area (Å²) >= 11 is 1.66. The normalized spacial score (nSPS) is 10.3. The minimum Gasteiger partial charge on any atom is -0.468 e. The van der Waals surface area contributed by atoms with Crippen LogP contribution in [0.25, 0.3) is 0 Å². The van der Waals surface area contributed by atoms with E-state index >= 15 is 0 Å². The molecule has 0 bridgehead atoms. The summed E-state index contributed by atoms with van der Waals surface area (Å²) in [4.78, 5) is 12.4. The number of benzene rings is 1. The first-order valence-corrected chi connectivity index (χ1v) is 6.45. The first-order chi connectivity index (χ1) is 8.69. The molecule has 0 fully saturated rings. The van der Waals surface area contributed by atoms with E-state index in [9.17, 15) is 4.79 Å². The number of aryl methyl sites for hydroxylation is 1. The van der Waals surface area contributed by atoms with Gasteiger partial charge in [0.25, 0.3) is 5.91 Å². The zero-order chi connectivity index (χ0) is 13.0. The summed E-state index contributed by atoms with van der Waals surface area (Å²) in [6.07, 6.45) is 1.41. The van der Waals surface area contributed by atoms with Gasteiger partial charge >= 0.3 is 0 Å². The van der Waals surface area contributed by atoms with Crippen LogP contribution in [-0.2, 0) is 5.75 Å². The molecule has 4 nitrogen and oxygen atoms in total. The fourth-order valence-corrected chi connectivity index (χ4v) is 2.24. The van der Waals surface area contributed by atoms with Crippen LogP contribution in [0, 0.1) is 6.92 Å². The van der Waals surface area contributed by atoms with E-state index in [1.165, 1.54) is 16.7 Å². The Balaban J connectivity index is 1.96. The molecule has 0 spiro atoms. The van der Waals surface area contributed by atoms with E-state index in [0.717, 1.165) is 5.76 Å². The molecule has 1 heterocycles. The number of hydrogen-bond acceptors (Lipinski definition) is 4. The molecule has 0 radical (unpaired) electrons. The van der Waals surface area contributed by atoms with Gasteiger partial charge in [0.1, 0.15) is 12.0 Å². The maximum Gasteiger partial charge on any atom is 0.268 e. The van der Waals surface area contributed by atoms with E-state index in [2.05, 4.69) is 36.6 Å². The third kappa shape index (κ3) is 3.15. The lowest BCUT2D eigenvalue weighted by molar-refractivity contribution is 0.0953. The molecule has 5 heteroatoms. The van der Waals surface area contributed by atoms with Crippen molar-refractivity contribution in [3.8, 4) is 0 Å². The van der Waals surface area contributed by atoms with Crippen molar-refractivity contribution >= 4 is 17.7 Å². The van der Waals surface area contributed by atoms with Crippen molar-refractivity contribution < 1.29 is 9.21 Å². The van der Waals surface area contributed by atoms with E-state index in [1.54, 1.807) is 17.8 Å². The Morgan fingerprint density at radius 1 is 1.39 bits per heavy atom. The molecule has 2 aromatic rings. The number of rotatable bonds is 4. The Morgan fingerprint density at radius 2 is 2.11 bits per heavy atom. The van der Waals surface area contributed by atoms with Crippen molar-refractivity contribution in [3.05, 3.63) is 53.5 Å². The van der Waals surface area contributed by atoms with E-state index < -0.39 is 0 Å². The second-order valence-corrected chi connectivity index (χ2v) is 4.93. The summed E-state index contributed by atoms with van der Waals surface area (Å²) < 4.78 is 5.30. The number of furan rings is 1. The molecule has 18 heavy (non-hydrogen) atoms. The van der Waals surface area contributed by atoms with Crippen molar-refractivity contribution in [2.24, 2.45) is 5.84 Å². The SMILES string of the molecule is Cc1ccc(SCc2cc(C(=O)NN)co2)cc1. The van der Waals surface area contributed by atoms with Crippen LogP contribution in [0.5, 0.6) is 0 Å². The largest absolute Gasteiger partial charge is 0.468 e. The summed E-state index contributed by atoms with van der Waals surface area (Å²) in [5, 5.41) is 0. The second kappa shape index (κ2) is 5.75. The van der Waals surface area contributed by atoms with Gasteiger partial charge in [0.15, 0.2) is 0 Å². The number of amides is 1. The molecule has 1 amide bonds. The average molecular weight is 262 g/mol. The molecule has 0 aliphatic rings. The van der Waals surface area contributed by atoms with E-state index in [1.807, 2.05) is 0 Å². The molecular weight excluding hydrogens is 248 g/mol. The van der Waals surface area contributed by atoms with E-state index in [-0.39, 0.29) is 5.91 Å². The third-order valence-electron chi connectivity index (χ3n) is 2.45. The highest BCUT2D eigenvalue weighted by molar-refractivity contribution is 7.98. The van der Waals surface area contributed by atoms with Gasteiger partial charge in [-0.2, -0.15) is 0 Å². The lowest BCUT2D eigenvalue weighted by atomic mass is 10.2. The summed E-state index contributed by atoms with van der Waals surface area (Å²) in [6, 6.07) is 9.96. The maximum atomic E-state index is 11.2. The van der Waals surface area contributed by atoms with Crippen molar-refractivity contribution in [2.45, 2.75) is 17.6 Å². The lowest BCUT2D eigenvalue weighted by Crippen LogP contribution is -2.29. The standard InChI is InChI=1S/C13H14N2O2S/c1-9-2-4-12(5-3-9)18-8-11-6-10(7-17-11)13(16)15-14/h2-7H,8,14H2,1H3,(H,15,16). The van der Waals surface area contributed by atoms with Gasteiger partial charge in [0, 0.05) is 4.90 Å². The molecule has 3 N–H and O–H groups in total. The summed E-state index contributed by atoms with van der Waals surface area (Å²) in [5.74, 6) is 6.13. The number of nitrogens with one attached hydrogen (secondary N) is 1. The fourth-order valence-electron chi connectivity index (χ4n) is 1.45. The molecule has 0 aliphatic heterocycles. The molecular formula is C13H14N2O2S. The third-order valence-corrected chi connectivity index (χ3v) is 3.48. The molecule has 1 aromatic carbocycles. The Hall–Kier alpha value is -1.72. The highest BCUT2D eigenvalue weighted by Gasteiger charge is 2.08. The molecule has 2 rings (SSSR count). The van der Waals surface area contributed by atoms with Gasteiger partial charge in [-0.15, -0.1) is 11.8 Å². The lowest BCUT2D eigenvalue weighted by Gasteiger charge is -1.99. The maximum absolute atomic E-state index is 11.2. The minimum atomic E-state index is -0.342. The van der Waals surface area contributed by atoms with Gasteiger partial charge in [-0.25, -0.2) is 5.84 Å². The van der Waals surface area contributed by atoms with Gasteiger partial charge in [0.2, 0.25) is 0 Å². The van der Waals surface area contributed by atoms with Gasteiger partial charge in [-0.1, -0.05) is 17.7 Å². The van der Waals surface area contributed by atoms with Gasteiger partial charge in [-0.05, 0) is 25.1 Å². The average Bonchev–Trinajstić information content (AvgIpc) is 2.86. The molecule has 1 aromatic heterocycles. The number of hydrazine groups is 1. The molecule has 0 unspecified atom stereocenters. The second-order valence-electron chi connectivity index (χ2n) is 3.88. The van der Waals surface area contributed by atoms with Crippen LogP contribution in [-0.4, -0.2) is 5.91 Å². The van der Waals surface area contributed by atoms with Crippen molar-refractivity contribution in [1.29, 1.82) is 0 Å². The van der Waals surface area contributed by atoms with Crippen LogP contribution in [0.2, 0.25) is 0 Å². The van der Waals surface area contributed by atoms with Crippen LogP contribution in [0.4, 0.5) is 0 Å². The highest BCUT2D eigenvalue weighted by atomic mass is 32.2.